The number of carbonyl (C=O) groups excluding carboxylic acids is 2. The molecule has 6 nitrogen and oxygen atoms in total. The average molecular weight is 448 g/mol. The molecule has 2 aliphatic rings. The Morgan fingerprint density at radius 2 is 1.58 bits per heavy atom. The van der Waals surface area contributed by atoms with Gasteiger partial charge in [-0.25, -0.2) is 0 Å². The van der Waals surface area contributed by atoms with Crippen LogP contribution in [-0.2, 0) is 9.59 Å². The molecule has 0 saturated carbocycles. The largest absolute Gasteiger partial charge is 0.497 e. The summed E-state index contributed by atoms with van der Waals surface area (Å²) in [4.78, 5) is 32.0. The molecule has 2 fully saturated rings. The number of nitrogens with zero attached hydrogens (tertiary/aromatic N) is 3. The second kappa shape index (κ2) is 11.0. The van der Waals surface area contributed by atoms with E-state index < -0.39 is 0 Å². The molecule has 0 aliphatic carbocycles. The molecule has 2 saturated heterocycles. The minimum atomic E-state index is 0.0136. The lowest BCUT2D eigenvalue weighted by Crippen LogP contribution is -2.45. The fraction of sp³-hybridized carbons (Fsp3) is 0.407. The molecule has 2 amide bonds. The predicted molar refractivity (Wildman–Crippen MR) is 131 cm³/mol. The first-order valence-corrected chi connectivity index (χ1v) is 11.8. The van der Waals surface area contributed by atoms with Crippen molar-refractivity contribution in [3.8, 4) is 5.75 Å². The Bertz CT molecular complexity index is 950. The van der Waals surface area contributed by atoms with Gasteiger partial charge in [0.2, 0.25) is 11.8 Å². The Hall–Kier alpha value is -3.28. The standard InChI is InChI=1S/C27H33N3O3/c1-33-25-11-9-24(10-12-25)28-16-5-17-30(21-20-28)27(32)23-14-18-29(19-15-23)26(31)13-8-22-6-3-2-4-7-22/h2-4,6-13,23H,5,14-21H2,1H3/b13-8+. The lowest BCUT2D eigenvalue weighted by Gasteiger charge is -2.33. The van der Waals surface area contributed by atoms with Crippen LogP contribution in [0.1, 0.15) is 24.8 Å². The predicted octanol–water partition coefficient (Wildman–Crippen LogP) is 3.69. The molecule has 2 aromatic carbocycles. The summed E-state index contributed by atoms with van der Waals surface area (Å²) in [6, 6.07) is 17.9. The van der Waals surface area contributed by atoms with E-state index in [0.29, 0.717) is 13.1 Å². The molecule has 0 radical (unpaired) electrons. The highest BCUT2D eigenvalue weighted by Gasteiger charge is 2.30. The number of hydrogen-bond donors (Lipinski definition) is 0. The number of likely N-dealkylation sites (tertiary alicyclic amines) is 1. The molecular formula is C27H33N3O3. The number of benzene rings is 2. The van der Waals surface area contributed by atoms with E-state index in [1.165, 1.54) is 5.69 Å². The summed E-state index contributed by atoms with van der Waals surface area (Å²) in [5, 5.41) is 0. The number of anilines is 1. The van der Waals surface area contributed by atoms with E-state index in [4.69, 9.17) is 4.74 Å². The van der Waals surface area contributed by atoms with Crippen molar-refractivity contribution in [3.05, 3.63) is 66.2 Å². The van der Waals surface area contributed by atoms with Crippen LogP contribution >= 0.6 is 0 Å². The number of piperidine rings is 1. The van der Waals surface area contributed by atoms with Crippen LogP contribution in [0.2, 0.25) is 0 Å². The molecule has 2 aromatic rings. The summed E-state index contributed by atoms with van der Waals surface area (Å²) in [6.07, 6.45) is 5.93. The van der Waals surface area contributed by atoms with Gasteiger partial charge in [-0.1, -0.05) is 30.3 Å². The first-order valence-electron chi connectivity index (χ1n) is 11.8. The number of rotatable bonds is 5. The van der Waals surface area contributed by atoms with Crippen molar-refractivity contribution in [2.24, 2.45) is 5.92 Å². The van der Waals surface area contributed by atoms with Gasteiger partial charge in [-0.15, -0.1) is 0 Å². The van der Waals surface area contributed by atoms with Crippen molar-refractivity contribution < 1.29 is 14.3 Å². The Morgan fingerprint density at radius 1 is 0.848 bits per heavy atom. The first-order chi connectivity index (χ1) is 16.1. The number of amides is 2. The number of carbonyl (C=O) groups is 2. The molecule has 2 aliphatic heterocycles. The molecule has 4 rings (SSSR count). The third-order valence-corrected chi connectivity index (χ3v) is 6.62. The maximum absolute atomic E-state index is 13.2. The maximum Gasteiger partial charge on any atom is 0.246 e. The molecule has 174 valence electrons. The van der Waals surface area contributed by atoms with Crippen molar-refractivity contribution in [2.75, 3.05) is 51.3 Å². The van der Waals surface area contributed by atoms with Gasteiger partial charge < -0.3 is 19.4 Å². The zero-order valence-electron chi connectivity index (χ0n) is 19.4. The Balaban J connectivity index is 1.26. The molecule has 0 aromatic heterocycles. The Kier molecular flexibility index (Phi) is 7.66. The van der Waals surface area contributed by atoms with Gasteiger partial charge in [-0.3, -0.25) is 9.59 Å². The van der Waals surface area contributed by atoms with Gasteiger partial charge in [-0.2, -0.15) is 0 Å². The lowest BCUT2D eigenvalue weighted by molar-refractivity contribution is -0.139. The molecule has 0 bridgehead atoms. The summed E-state index contributed by atoms with van der Waals surface area (Å²) >= 11 is 0. The summed E-state index contributed by atoms with van der Waals surface area (Å²) in [5.41, 5.74) is 2.18. The fourth-order valence-electron chi connectivity index (χ4n) is 4.63. The van der Waals surface area contributed by atoms with Crippen LogP contribution in [0, 0.1) is 5.92 Å². The Morgan fingerprint density at radius 3 is 2.27 bits per heavy atom. The van der Waals surface area contributed by atoms with Crippen molar-refractivity contribution in [2.45, 2.75) is 19.3 Å². The van der Waals surface area contributed by atoms with Crippen LogP contribution in [0.4, 0.5) is 5.69 Å². The number of methoxy groups -OCH3 is 1. The van der Waals surface area contributed by atoms with Gasteiger partial charge in [0.25, 0.3) is 0 Å². The van der Waals surface area contributed by atoms with Crippen molar-refractivity contribution in [1.82, 2.24) is 9.80 Å². The second-order valence-corrected chi connectivity index (χ2v) is 8.71. The molecule has 6 heteroatoms. The third kappa shape index (κ3) is 5.95. The SMILES string of the molecule is COc1ccc(N2CCCN(C(=O)C3CCN(C(=O)/C=C/c4ccccc4)CC3)CC2)cc1. The van der Waals surface area contributed by atoms with Crippen molar-refractivity contribution in [3.63, 3.8) is 0 Å². The van der Waals surface area contributed by atoms with E-state index in [-0.39, 0.29) is 17.7 Å². The Labute approximate surface area is 196 Å². The normalized spacial score (nSPS) is 17.8. The summed E-state index contributed by atoms with van der Waals surface area (Å²) in [7, 11) is 1.67. The number of ether oxygens (including phenoxy) is 1. The zero-order valence-corrected chi connectivity index (χ0v) is 19.4. The van der Waals surface area contributed by atoms with Gasteiger partial charge in [0.05, 0.1) is 7.11 Å². The highest BCUT2D eigenvalue weighted by atomic mass is 16.5. The van der Waals surface area contributed by atoms with Crippen LogP contribution < -0.4 is 9.64 Å². The minimum absolute atomic E-state index is 0.0136. The fourth-order valence-corrected chi connectivity index (χ4v) is 4.63. The molecule has 0 atom stereocenters. The average Bonchev–Trinajstić information content (AvgIpc) is 3.14. The third-order valence-electron chi connectivity index (χ3n) is 6.62. The molecule has 0 unspecified atom stereocenters. The van der Waals surface area contributed by atoms with Crippen LogP contribution in [-0.4, -0.2) is 68.0 Å². The van der Waals surface area contributed by atoms with E-state index in [1.54, 1.807) is 13.2 Å². The van der Waals surface area contributed by atoms with Crippen molar-refractivity contribution in [1.29, 1.82) is 0 Å². The highest BCUT2D eigenvalue weighted by molar-refractivity contribution is 5.92. The quantitative estimate of drug-likeness (QED) is 0.656. The van der Waals surface area contributed by atoms with Crippen LogP contribution in [0.25, 0.3) is 6.08 Å². The van der Waals surface area contributed by atoms with E-state index >= 15 is 0 Å². The van der Waals surface area contributed by atoms with Gasteiger partial charge >= 0.3 is 0 Å². The molecule has 33 heavy (non-hydrogen) atoms. The molecular weight excluding hydrogens is 414 g/mol. The summed E-state index contributed by atoms with van der Waals surface area (Å²) < 4.78 is 5.25. The van der Waals surface area contributed by atoms with Gasteiger partial charge in [0.1, 0.15) is 5.75 Å². The van der Waals surface area contributed by atoms with Crippen molar-refractivity contribution >= 4 is 23.6 Å². The smallest absolute Gasteiger partial charge is 0.246 e. The molecule has 0 spiro atoms. The van der Waals surface area contributed by atoms with Gasteiger partial charge in [-0.05, 0) is 55.2 Å². The second-order valence-electron chi connectivity index (χ2n) is 8.71. The maximum atomic E-state index is 13.2. The summed E-state index contributed by atoms with van der Waals surface area (Å²) in [6.45, 7) is 4.59. The van der Waals surface area contributed by atoms with Gasteiger partial charge in [0, 0.05) is 56.9 Å². The van der Waals surface area contributed by atoms with Crippen LogP contribution in [0.15, 0.2) is 60.7 Å². The zero-order chi connectivity index (χ0) is 23.0. The van der Waals surface area contributed by atoms with Gasteiger partial charge in [0.15, 0.2) is 0 Å². The van der Waals surface area contributed by atoms with E-state index in [0.717, 1.165) is 56.8 Å². The van der Waals surface area contributed by atoms with Crippen LogP contribution in [0.5, 0.6) is 5.75 Å². The summed E-state index contributed by atoms with van der Waals surface area (Å²) in [5.74, 6) is 1.14. The topological polar surface area (TPSA) is 53.1 Å². The molecule has 2 heterocycles. The first kappa shape index (κ1) is 22.9. The monoisotopic (exact) mass is 447 g/mol. The highest BCUT2D eigenvalue weighted by Crippen LogP contribution is 2.23. The van der Waals surface area contributed by atoms with E-state index in [2.05, 4.69) is 17.0 Å². The molecule has 0 N–H and O–H groups in total. The number of hydrogen-bond acceptors (Lipinski definition) is 4. The minimum Gasteiger partial charge on any atom is -0.497 e. The van der Waals surface area contributed by atoms with E-state index in [1.807, 2.05) is 58.3 Å². The van der Waals surface area contributed by atoms with E-state index in [9.17, 15) is 9.59 Å². The van der Waals surface area contributed by atoms with Crippen LogP contribution in [0.3, 0.4) is 0 Å². The lowest BCUT2D eigenvalue weighted by atomic mass is 9.95.